The van der Waals surface area contributed by atoms with Crippen LogP contribution in [-0.4, -0.2) is 48.9 Å². The van der Waals surface area contributed by atoms with Crippen molar-refractivity contribution in [2.75, 3.05) is 31.1 Å². The van der Waals surface area contributed by atoms with Crippen LogP contribution >= 0.6 is 0 Å². The molecular formula is C20H22N4O2S. The Bertz CT molecular complexity index is 1090. The number of aromatic nitrogens is 2. The minimum absolute atomic E-state index is 0.359. The van der Waals surface area contributed by atoms with E-state index in [0.29, 0.717) is 31.1 Å². The summed E-state index contributed by atoms with van der Waals surface area (Å²) in [4.78, 5) is 11.9. The molecule has 0 aliphatic carbocycles. The first-order valence-electron chi connectivity index (χ1n) is 9.00. The molecule has 1 aliphatic heterocycles. The van der Waals surface area contributed by atoms with Gasteiger partial charge in [0.25, 0.3) is 0 Å². The molecule has 4 rings (SSSR count). The number of rotatable bonds is 3. The van der Waals surface area contributed by atoms with Crippen molar-refractivity contribution in [3.05, 3.63) is 59.8 Å². The van der Waals surface area contributed by atoms with E-state index in [1.807, 2.05) is 44.2 Å². The molecule has 1 aromatic heterocycles. The summed E-state index contributed by atoms with van der Waals surface area (Å²) in [5.41, 5.74) is 3.53. The molecule has 0 saturated carbocycles. The van der Waals surface area contributed by atoms with Crippen LogP contribution in [0.1, 0.15) is 11.3 Å². The lowest BCUT2D eigenvalue weighted by Gasteiger charge is -2.35. The Morgan fingerprint density at radius 3 is 2.19 bits per heavy atom. The second-order valence-electron chi connectivity index (χ2n) is 6.83. The largest absolute Gasteiger partial charge is 0.352 e. The summed E-state index contributed by atoms with van der Waals surface area (Å²) in [5.74, 6) is 0.835. The number of para-hydroxylation sites is 2. The molecule has 0 amide bonds. The van der Waals surface area contributed by atoms with Crippen molar-refractivity contribution in [2.45, 2.75) is 18.7 Å². The summed E-state index contributed by atoms with van der Waals surface area (Å²) >= 11 is 0. The van der Waals surface area contributed by atoms with Crippen LogP contribution in [0.4, 0.5) is 5.82 Å². The Kier molecular flexibility index (Phi) is 4.57. The van der Waals surface area contributed by atoms with E-state index in [9.17, 15) is 8.42 Å². The summed E-state index contributed by atoms with van der Waals surface area (Å²) < 4.78 is 27.4. The Morgan fingerprint density at radius 2 is 1.52 bits per heavy atom. The number of benzene rings is 2. The van der Waals surface area contributed by atoms with Crippen molar-refractivity contribution in [3.63, 3.8) is 0 Å². The van der Waals surface area contributed by atoms with Gasteiger partial charge in [-0.05, 0) is 43.7 Å². The maximum atomic E-state index is 12.9. The van der Waals surface area contributed by atoms with Gasteiger partial charge in [0.05, 0.1) is 21.6 Å². The number of hydrogen-bond acceptors (Lipinski definition) is 5. The first kappa shape index (κ1) is 17.9. The maximum Gasteiger partial charge on any atom is 0.243 e. The predicted molar refractivity (Wildman–Crippen MR) is 106 cm³/mol. The Balaban J connectivity index is 1.55. The number of nitrogens with zero attached hydrogens (tertiary/aromatic N) is 4. The lowest BCUT2D eigenvalue weighted by molar-refractivity contribution is 0.383. The number of sulfonamides is 1. The van der Waals surface area contributed by atoms with Crippen LogP contribution in [0.15, 0.2) is 53.4 Å². The van der Waals surface area contributed by atoms with E-state index in [2.05, 4.69) is 9.88 Å². The molecule has 1 aliphatic rings. The number of fused-ring (bicyclic) bond motifs is 1. The molecule has 1 fully saturated rings. The molecule has 0 N–H and O–H groups in total. The van der Waals surface area contributed by atoms with Gasteiger partial charge in [-0.3, -0.25) is 0 Å². The van der Waals surface area contributed by atoms with E-state index in [1.165, 1.54) is 0 Å². The average Bonchev–Trinajstić information content (AvgIpc) is 2.67. The molecule has 6 nitrogen and oxygen atoms in total. The molecule has 0 bridgehead atoms. The summed E-state index contributed by atoms with van der Waals surface area (Å²) in [6, 6.07) is 14.9. The van der Waals surface area contributed by atoms with Crippen molar-refractivity contribution >= 4 is 26.9 Å². The van der Waals surface area contributed by atoms with Gasteiger partial charge in [0, 0.05) is 26.2 Å². The highest BCUT2D eigenvalue weighted by Gasteiger charge is 2.29. The zero-order valence-corrected chi connectivity index (χ0v) is 16.3. The van der Waals surface area contributed by atoms with Gasteiger partial charge in [0.15, 0.2) is 5.82 Å². The van der Waals surface area contributed by atoms with Crippen molar-refractivity contribution in [2.24, 2.45) is 0 Å². The van der Waals surface area contributed by atoms with Crippen molar-refractivity contribution in [1.29, 1.82) is 0 Å². The van der Waals surface area contributed by atoms with Gasteiger partial charge < -0.3 is 4.90 Å². The fourth-order valence-corrected chi connectivity index (χ4v) is 4.97. The van der Waals surface area contributed by atoms with Gasteiger partial charge in [-0.1, -0.05) is 24.3 Å². The van der Waals surface area contributed by atoms with Crippen LogP contribution in [0.5, 0.6) is 0 Å². The van der Waals surface area contributed by atoms with E-state index in [0.717, 1.165) is 28.1 Å². The third kappa shape index (κ3) is 3.40. The van der Waals surface area contributed by atoms with E-state index >= 15 is 0 Å². The molecule has 7 heteroatoms. The second kappa shape index (κ2) is 6.90. The molecule has 0 unspecified atom stereocenters. The molecule has 1 saturated heterocycles. The summed E-state index contributed by atoms with van der Waals surface area (Å²) in [7, 11) is -3.46. The first-order chi connectivity index (χ1) is 12.9. The average molecular weight is 382 g/mol. The topological polar surface area (TPSA) is 66.4 Å². The van der Waals surface area contributed by atoms with Gasteiger partial charge in [0.2, 0.25) is 10.0 Å². The molecule has 3 aromatic rings. The van der Waals surface area contributed by atoms with E-state index in [1.54, 1.807) is 22.5 Å². The smallest absolute Gasteiger partial charge is 0.243 e. The van der Waals surface area contributed by atoms with Gasteiger partial charge in [0.1, 0.15) is 0 Å². The molecule has 27 heavy (non-hydrogen) atoms. The van der Waals surface area contributed by atoms with Crippen molar-refractivity contribution in [1.82, 2.24) is 14.3 Å². The fourth-order valence-electron chi connectivity index (χ4n) is 3.44. The lowest BCUT2D eigenvalue weighted by atomic mass is 10.2. The lowest BCUT2D eigenvalue weighted by Crippen LogP contribution is -2.49. The van der Waals surface area contributed by atoms with E-state index < -0.39 is 10.0 Å². The predicted octanol–water partition coefficient (Wildman–Crippen LogP) is 2.76. The van der Waals surface area contributed by atoms with E-state index in [4.69, 9.17) is 4.98 Å². The van der Waals surface area contributed by atoms with Gasteiger partial charge in [-0.15, -0.1) is 0 Å². The van der Waals surface area contributed by atoms with Crippen LogP contribution in [0, 0.1) is 13.8 Å². The van der Waals surface area contributed by atoms with Crippen LogP contribution in [-0.2, 0) is 10.0 Å². The number of aryl methyl sites for hydroxylation is 2. The summed E-state index contributed by atoms with van der Waals surface area (Å²) in [5, 5.41) is 0. The first-order valence-corrected chi connectivity index (χ1v) is 10.4. The molecular weight excluding hydrogens is 360 g/mol. The highest BCUT2D eigenvalue weighted by molar-refractivity contribution is 7.89. The Labute approximate surface area is 159 Å². The Morgan fingerprint density at radius 1 is 0.852 bits per heavy atom. The molecule has 2 heterocycles. The number of piperazine rings is 1. The second-order valence-corrected chi connectivity index (χ2v) is 8.77. The van der Waals surface area contributed by atoms with Crippen LogP contribution in [0.3, 0.4) is 0 Å². The van der Waals surface area contributed by atoms with Gasteiger partial charge >= 0.3 is 0 Å². The minimum atomic E-state index is -3.46. The minimum Gasteiger partial charge on any atom is -0.352 e. The monoisotopic (exact) mass is 382 g/mol. The van der Waals surface area contributed by atoms with E-state index in [-0.39, 0.29) is 0 Å². The summed E-state index contributed by atoms with van der Waals surface area (Å²) in [6.07, 6.45) is 0. The molecule has 2 aromatic carbocycles. The SMILES string of the molecule is Cc1cccc(S(=O)(=O)N2CCN(c3nc4ccccc4nc3C)CC2)c1. The summed E-state index contributed by atoms with van der Waals surface area (Å²) in [6.45, 7) is 5.91. The van der Waals surface area contributed by atoms with Crippen molar-refractivity contribution < 1.29 is 8.42 Å². The third-order valence-corrected chi connectivity index (χ3v) is 6.78. The quantitative estimate of drug-likeness (QED) is 0.697. The third-order valence-electron chi connectivity index (χ3n) is 4.89. The maximum absolute atomic E-state index is 12.9. The zero-order valence-electron chi connectivity index (χ0n) is 15.5. The normalized spacial score (nSPS) is 16.0. The molecule has 0 spiro atoms. The number of anilines is 1. The molecule has 140 valence electrons. The van der Waals surface area contributed by atoms with Gasteiger partial charge in [-0.25, -0.2) is 18.4 Å². The van der Waals surface area contributed by atoms with Crippen LogP contribution in [0.25, 0.3) is 11.0 Å². The number of hydrogen-bond donors (Lipinski definition) is 0. The fraction of sp³-hybridized carbons (Fsp3) is 0.300. The standard InChI is InChI=1S/C20H22N4O2S/c1-15-6-5-7-17(14-15)27(25,26)24-12-10-23(11-13-24)20-16(2)21-18-8-3-4-9-19(18)22-20/h3-9,14H,10-13H2,1-2H3. The van der Waals surface area contributed by atoms with Crippen LogP contribution < -0.4 is 4.90 Å². The van der Waals surface area contributed by atoms with Crippen molar-refractivity contribution in [3.8, 4) is 0 Å². The molecule has 0 atom stereocenters. The zero-order chi connectivity index (χ0) is 19.0. The van der Waals surface area contributed by atoms with Gasteiger partial charge in [-0.2, -0.15) is 4.31 Å². The highest BCUT2D eigenvalue weighted by Crippen LogP contribution is 2.24. The van der Waals surface area contributed by atoms with Crippen LogP contribution in [0.2, 0.25) is 0 Å². The molecule has 0 radical (unpaired) electrons. The Hall–Kier alpha value is -2.51. The highest BCUT2D eigenvalue weighted by atomic mass is 32.2.